The Morgan fingerprint density at radius 1 is 1.75 bits per heavy atom. The van der Waals surface area contributed by atoms with Gasteiger partial charge in [-0.05, 0) is 6.07 Å². The summed E-state index contributed by atoms with van der Waals surface area (Å²) in [5, 5.41) is 2.11. The quantitative estimate of drug-likeness (QED) is 0.674. The van der Waals surface area contributed by atoms with Crippen molar-refractivity contribution in [3.05, 3.63) is 28.8 Å². The first kappa shape index (κ1) is 8.93. The Hall–Kier alpha value is -1.16. The van der Waals surface area contributed by atoms with E-state index in [1.807, 2.05) is 0 Å². The van der Waals surface area contributed by atoms with Crippen molar-refractivity contribution in [1.82, 2.24) is 10.3 Å². The predicted molar refractivity (Wildman–Crippen MR) is 42.6 cm³/mol. The molecule has 0 unspecified atom stereocenters. The van der Waals surface area contributed by atoms with Gasteiger partial charge in [0, 0.05) is 13.2 Å². The van der Waals surface area contributed by atoms with Gasteiger partial charge in [-0.15, -0.1) is 0 Å². The van der Waals surface area contributed by atoms with Crippen molar-refractivity contribution >= 4 is 17.5 Å². The largest absolute Gasteiger partial charge is 0.355 e. The summed E-state index contributed by atoms with van der Waals surface area (Å²) in [6.07, 6.45) is 1.21. The molecule has 0 aromatic carbocycles. The van der Waals surface area contributed by atoms with Crippen LogP contribution in [0.3, 0.4) is 0 Å². The highest BCUT2D eigenvalue weighted by molar-refractivity contribution is 6.29. The van der Waals surface area contributed by atoms with E-state index in [4.69, 9.17) is 11.6 Å². The van der Waals surface area contributed by atoms with E-state index in [0.717, 1.165) is 6.07 Å². The van der Waals surface area contributed by atoms with Crippen LogP contribution < -0.4 is 5.32 Å². The second-order valence-electron chi connectivity index (χ2n) is 2.08. The standard InChI is InChI=1S/C7H6ClFN2O/c1-10-7(12)4-2-5(9)6(8)11-3-4/h2-3H,1H3,(H,10,12). The zero-order valence-electron chi connectivity index (χ0n) is 6.27. The summed E-state index contributed by atoms with van der Waals surface area (Å²) in [4.78, 5) is 14.4. The number of carbonyl (C=O) groups excluding carboxylic acids is 1. The summed E-state index contributed by atoms with van der Waals surface area (Å²) in [6.45, 7) is 0. The number of rotatable bonds is 1. The van der Waals surface area contributed by atoms with Gasteiger partial charge in [0.15, 0.2) is 11.0 Å². The minimum absolute atomic E-state index is 0.152. The first-order chi connectivity index (χ1) is 5.65. The van der Waals surface area contributed by atoms with Gasteiger partial charge in [-0.3, -0.25) is 4.79 Å². The van der Waals surface area contributed by atoms with Gasteiger partial charge in [0.1, 0.15) is 0 Å². The second-order valence-corrected chi connectivity index (χ2v) is 2.43. The van der Waals surface area contributed by atoms with Crippen LogP contribution in [-0.4, -0.2) is 17.9 Å². The zero-order valence-corrected chi connectivity index (χ0v) is 7.02. The van der Waals surface area contributed by atoms with Gasteiger partial charge in [0.25, 0.3) is 5.91 Å². The molecule has 0 saturated carbocycles. The number of pyridine rings is 1. The Morgan fingerprint density at radius 3 is 2.92 bits per heavy atom. The smallest absolute Gasteiger partial charge is 0.252 e. The maximum atomic E-state index is 12.7. The van der Waals surface area contributed by atoms with Crippen molar-refractivity contribution in [2.75, 3.05) is 7.05 Å². The van der Waals surface area contributed by atoms with E-state index in [2.05, 4.69) is 10.3 Å². The molecule has 1 amide bonds. The van der Waals surface area contributed by atoms with Gasteiger partial charge in [-0.2, -0.15) is 0 Å². The molecule has 1 heterocycles. The van der Waals surface area contributed by atoms with Crippen LogP contribution in [-0.2, 0) is 0 Å². The number of aromatic nitrogens is 1. The highest BCUT2D eigenvalue weighted by Crippen LogP contribution is 2.11. The number of halogens is 2. The molecule has 0 aliphatic heterocycles. The summed E-state index contributed by atoms with van der Waals surface area (Å²) >= 11 is 5.31. The van der Waals surface area contributed by atoms with Crippen LogP contribution in [0.25, 0.3) is 0 Å². The molecule has 1 aromatic heterocycles. The fourth-order valence-electron chi connectivity index (χ4n) is 0.690. The molecule has 5 heteroatoms. The summed E-state index contributed by atoms with van der Waals surface area (Å²) < 4.78 is 12.7. The molecule has 1 N–H and O–H groups in total. The molecule has 1 aromatic rings. The van der Waals surface area contributed by atoms with Crippen LogP contribution in [0.4, 0.5) is 4.39 Å². The number of hydrogen-bond donors (Lipinski definition) is 1. The summed E-state index contributed by atoms with van der Waals surface area (Å²) in [7, 11) is 1.45. The normalized spacial score (nSPS) is 9.58. The number of carbonyl (C=O) groups is 1. The maximum Gasteiger partial charge on any atom is 0.252 e. The lowest BCUT2D eigenvalue weighted by atomic mass is 10.3. The Kier molecular flexibility index (Phi) is 2.60. The molecule has 64 valence electrons. The molecule has 0 atom stereocenters. The van der Waals surface area contributed by atoms with Crippen molar-refractivity contribution in [3.8, 4) is 0 Å². The van der Waals surface area contributed by atoms with E-state index in [0.29, 0.717) is 0 Å². The average Bonchev–Trinajstić information content (AvgIpc) is 2.08. The SMILES string of the molecule is CNC(=O)c1cnc(Cl)c(F)c1. The highest BCUT2D eigenvalue weighted by atomic mass is 35.5. The van der Waals surface area contributed by atoms with Crippen LogP contribution >= 0.6 is 11.6 Å². The van der Waals surface area contributed by atoms with Crippen LogP contribution in [0.2, 0.25) is 5.15 Å². The lowest BCUT2D eigenvalue weighted by Gasteiger charge is -1.98. The number of nitrogens with one attached hydrogen (secondary N) is 1. The third-order valence-electron chi connectivity index (χ3n) is 1.29. The van der Waals surface area contributed by atoms with Gasteiger partial charge in [-0.25, -0.2) is 9.37 Å². The van der Waals surface area contributed by atoms with E-state index in [9.17, 15) is 9.18 Å². The van der Waals surface area contributed by atoms with E-state index in [1.165, 1.54) is 13.2 Å². The van der Waals surface area contributed by atoms with Crippen molar-refractivity contribution in [2.45, 2.75) is 0 Å². The van der Waals surface area contributed by atoms with Gasteiger partial charge >= 0.3 is 0 Å². The average molecular weight is 189 g/mol. The van der Waals surface area contributed by atoms with Crippen molar-refractivity contribution in [2.24, 2.45) is 0 Å². The molecule has 0 bridgehead atoms. The van der Waals surface area contributed by atoms with E-state index in [-0.39, 0.29) is 10.7 Å². The Labute approximate surface area is 73.6 Å². The molecule has 3 nitrogen and oxygen atoms in total. The summed E-state index contributed by atoms with van der Waals surface area (Å²) in [5.41, 5.74) is 0.152. The van der Waals surface area contributed by atoms with Crippen molar-refractivity contribution < 1.29 is 9.18 Å². The molecule has 12 heavy (non-hydrogen) atoms. The van der Waals surface area contributed by atoms with E-state index in [1.54, 1.807) is 0 Å². The Balaban J connectivity index is 3.05. The first-order valence-corrected chi connectivity index (χ1v) is 3.56. The lowest BCUT2D eigenvalue weighted by Crippen LogP contribution is -2.18. The third kappa shape index (κ3) is 1.71. The Morgan fingerprint density at radius 2 is 2.42 bits per heavy atom. The van der Waals surface area contributed by atoms with Gasteiger partial charge in [0.05, 0.1) is 5.56 Å². The minimum Gasteiger partial charge on any atom is -0.355 e. The van der Waals surface area contributed by atoms with Crippen LogP contribution in [0.15, 0.2) is 12.3 Å². The number of amides is 1. The number of nitrogens with zero attached hydrogens (tertiary/aromatic N) is 1. The molecule has 1 rings (SSSR count). The lowest BCUT2D eigenvalue weighted by molar-refractivity contribution is 0.0962. The second kappa shape index (κ2) is 3.49. The first-order valence-electron chi connectivity index (χ1n) is 3.18. The van der Waals surface area contributed by atoms with Crippen LogP contribution in [0.1, 0.15) is 10.4 Å². The predicted octanol–water partition coefficient (Wildman–Crippen LogP) is 1.23. The van der Waals surface area contributed by atoms with Gasteiger partial charge in [0.2, 0.25) is 0 Å². The minimum atomic E-state index is -0.697. The van der Waals surface area contributed by atoms with Crippen molar-refractivity contribution in [1.29, 1.82) is 0 Å². The molecule has 0 aliphatic carbocycles. The molecule has 0 spiro atoms. The highest BCUT2D eigenvalue weighted by Gasteiger charge is 2.07. The summed E-state index contributed by atoms with van der Waals surface area (Å²) in [5.74, 6) is -1.09. The Bertz CT molecular complexity index is 316. The summed E-state index contributed by atoms with van der Waals surface area (Å²) in [6, 6.07) is 1.04. The van der Waals surface area contributed by atoms with Gasteiger partial charge < -0.3 is 5.32 Å². The van der Waals surface area contributed by atoms with Crippen LogP contribution in [0, 0.1) is 5.82 Å². The molecule has 0 fully saturated rings. The zero-order chi connectivity index (χ0) is 9.14. The molecule has 0 saturated heterocycles. The molecular formula is C7H6ClFN2O. The van der Waals surface area contributed by atoms with Crippen molar-refractivity contribution in [3.63, 3.8) is 0 Å². The fraction of sp³-hybridized carbons (Fsp3) is 0.143. The molecular weight excluding hydrogens is 183 g/mol. The maximum absolute atomic E-state index is 12.7. The fourth-order valence-corrected chi connectivity index (χ4v) is 0.793. The topological polar surface area (TPSA) is 42.0 Å². The van der Waals surface area contributed by atoms with E-state index < -0.39 is 11.7 Å². The van der Waals surface area contributed by atoms with Crippen LogP contribution in [0.5, 0.6) is 0 Å². The monoisotopic (exact) mass is 188 g/mol. The molecule has 0 aliphatic rings. The van der Waals surface area contributed by atoms with E-state index >= 15 is 0 Å². The third-order valence-corrected chi connectivity index (χ3v) is 1.56. The number of hydrogen-bond acceptors (Lipinski definition) is 2. The van der Waals surface area contributed by atoms with Gasteiger partial charge in [-0.1, -0.05) is 11.6 Å². The molecule has 0 radical (unpaired) electrons.